The quantitative estimate of drug-likeness (QED) is 0.911. The van der Waals surface area contributed by atoms with Crippen molar-refractivity contribution in [1.29, 1.82) is 0 Å². The second kappa shape index (κ2) is 5.90. The lowest BCUT2D eigenvalue weighted by atomic mass is 10.2. The summed E-state index contributed by atoms with van der Waals surface area (Å²) < 4.78 is 0. The molecule has 0 atom stereocenters. The molecule has 2 N–H and O–H groups in total. The fraction of sp³-hybridized carbons (Fsp3) is 0. The van der Waals surface area contributed by atoms with Crippen LogP contribution >= 0.6 is 23.2 Å². The zero-order valence-electron chi connectivity index (χ0n) is 9.93. The number of halogens is 2. The van der Waals surface area contributed by atoms with Gasteiger partial charge < -0.3 is 10.4 Å². The van der Waals surface area contributed by atoms with Gasteiger partial charge in [-0.25, -0.2) is 9.78 Å². The molecule has 0 fully saturated rings. The zero-order valence-corrected chi connectivity index (χ0v) is 11.4. The van der Waals surface area contributed by atoms with Gasteiger partial charge in [-0.1, -0.05) is 29.3 Å². The van der Waals surface area contributed by atoms with E-state index in [1.165, 1.54) is 18.3 Å². The highest BCUT2D eigenvalue weighted by Crippen LogP contribution is 2.30. The van der Waals surface area contributed by atoms with E-state index in [0.717, 1.165) is 0 Å². The van der Waals surface area contributed by atoms with E-state index >= 15 is 0 Å². The van der Waals surface area contributed by atoms with E-state index in [4.69, 9.17) is 28.3 Å². The maximum atomic E-state index is 12.0. The minimum absolute atomic E-state index is 0.147. The van der Waals surface area contributed by atoms with Crippen LogP contribution in [0.25, 0.3) is 0 Å². The summed E-state index contributed by atoms with van der Waals surface area (Å²) in [6, 6.07) is 7.38. The molecular formula is C13H8Cl2N2O3. The fourth-order valence-corrected chi connectivity index (χ4v) is 1.98. The van der Waals surface area contributed by atoms with Crippen LogP contribution in [0.3, 0.4) is 0 Å². The minimum Gasteiger partial charge on any atom is -0.477 e. The molecule has 0 spiro atoms. The number of carbonyl (C=O) groups excluding carboxylic acids is 1. The molecule has 0 aliphatic rings. The van der Waals surface area contributed by atoms with Gasteiger partial charge in [-0.2, -0.15) is 0 Å². The van der Waals surface area contributed by atoms with Gasteiger partial charge in [-0.05, 0) is 24.3 Å². The molecule has 7 heteroatoms. The van der Waals surface area contributed by atoms with E-state index in [9.17, 15) is 9.59 Å². The number of benzene rings is 1. The van der Waals surface area contributed by atoms with Crippen LogP contribution < -0.4 is 5.32 Å². The van der Waals surface area contributed by atoms with Crippen LogP contribution in [0.5, 0.6) is 0 Å². The van der Waals surface area contributed by atoms with Crippen molar-refractivity contribution >= 4 is 40.8 Å². The van der Waals surface area contributed by atoms with E-state index < -0.39 is 11.9 Å². The average molecular weight is 311 g/mol. The summed E-state index contributed by atoms with van der Waals surface area (Å²) in [6.07, 6.45) is 1.24. The van der Waals surface area contributed by atoms with Gasteiger partial charge in [0.05, 0.1) is 15.7 Å². The molecule has 2 rings (SSSR count). The number of amides is 1. The number of nitrogens with one attached hydrogen (secondary N) is 1. The summed E-state index contributed by atoms with van der Waals surface area (Å²) >= 11 is 11.9. The smallest absolute Gasteiger partial charge is 0.354 e. The molecule has 0 unspecified atom stereocenters. The number of para-hydroxylation sites is 1. The molecule has 0 radical (unpaired) electrons. The third kappa shape index (κ3) is 3.07. The maximum absolute atomic E-state index is 12.0. The summed E-state index contributed by atoms with van der Waals surface area (Å²) in [5, 5.41) is 12.0. The Morgan fingerprint density at radius 1 is 1.15 bits per heavy atom. The van der Waals surface area contributed by atoms with Crippen molar-refractivity contribution in [3.8, 4) is 0 Å². The highest BCUT2D eigenvalue weighted by molar-refractivity contribution is 6.40. The van der Waals surface area contributed by atoms with Crippen LogP contribution in [0.2, 0.25) is 10.0 Å². The van der Waals surface area contributed by atoms with E-state index in [1.54, 1.807) is 18.2 Å². The molecule has 5 nitrogen and oxygen atoms in total. The molecule has 0 bridgehead atoms. The Balaban J connectivity index is 2.29. The van der Waals surface area contributed by atoms with Gasteiger partial charge in [0, 0.05) is 11.8 Å². The number of carbonyl (C=O) groups is 2. The highest BCUT2D eigenvalue weighted by atomic mass is 35.5. The van der Waals surface area contributed by atoms with E-state index in [-0.39, 0.29) is 16.9 Å². The van der Waals surface area contributed by atoms with Crippen molar-refractivity contribution in [2.75, 3.05) is 5.32 Å². The molecule has 20 heavy (non-hydrogen) atoms. The van der Waals surface area contributed by atoms with Gasteiger partial charge >= 0.3 is 5.97 Å². The predicted molar refractivity (Wildman–Crippen MR) is 75.6 cm³/mol. The summed E-state index contributed by atoms with van der Waals surface area (Å²) in [4.78, 5) is 26.5. The maximum Gasteiger partial charge on any atom is 0.354 e. The summed E-state index contributed by atoms with van der Waals surface area (Å²) in [7, 11) is 0. The van der Waals surface area contributed by atoms with Crippen LogP contribution in [0.4, 0.5) is 5.69 Å². The number of hydrogen-bond acceptors (Lipinski definition) is 3. The van der Waals surface area contributed by atoms with E-state index in [0.29, 0.717) is 10.0 Å². The first kappa shape index (κ1) is 14.3. The average Bonchev–Trinajstić information content (AvgIpc) is 2.43. The van der Waals surface area contributed by atoms with Crippen LogP contribution in [0.15, 0.2) is 36.5 Å². The van der Waals surface area contributed by atoms with Crippen molar-refractivity contribution in [1.82, 2.24) is 4.98 Å². The molecule has 1 aromatic heterocycles. The van der Waals surface area contributed by atoms with Gasteiger partial charge in [-0.15, -0.1) is 0 Å². The largest absolute Gasteiger partial charge is 0.477 e. The van der Waals surface area contributed by atoms with Crippen molar-refractivity contribution in [3.05, 3.63) is 57.8 Å². The van der Waals surface area contributed by atoms with Crippen LogP contribution in [0, 0.1) is 0 Å². The molecule has 1 heterocycles. The molecule has 0 aliphatic heterocycles. The lowest BCUT2D eigenvalue weighted by molar-refractivity contribution is 0.0690. The Morgan fingerprint density at radius 2 is 1.80 bits per heavy atom. The third-order valence-electron chi connectivity index (χ3n) is 2.44. The van der Waals surface area contributed by atoms with Crippen LogP contribution in [-0.2, 0) is 0 Å². The Hall–Kier alpha value is -2.11. The Morgan fingerprint density at radius 3 is 2.40 bits per heavy atom. The van der Waals surface area contributed by atoms with Gasteiger partial charge in [0.1, 0.15) is 5.69 Å². The monoisotopic (exact) mass is 310 g/mol. The zero-order chi connectivity index (χ0) is 14.7. The molecular weight excluding hydrogens is 303 g/mol. The molecule has 0 saturated carbocycles. The minimum atomic E-state index is -1.21. The number of anilines is 1. The molecule has 102 valence electrons. The number of rotatable bonds is 3. The Bertz CT molecular complexity index is 669. The SMILES string of the molecule is O=C(Nc1c(Cl)cccc1Cl)c1ccnc(C(=O)O)c1. The normalized spacial score (nSPS) is 10.1. The number of aromatic carboxylic acids is 1. The predicted octanol–water partition coefficient (Wildman–Crippen LogP) is 3.34. The number of hydrogen-bond donors (Lipinski definition) is 2. The number of carboxylic acids is 1. The Kier molecular flexibility index (Phi) is 4.22. The Labute approximate surface area is 124 Å². The number of aromatic nitrogens is 1. The van der Waals surface area contributed by atoms with E-state index in [1.807, 2.05) is 0 Å². The third-order valence-corrected chi connectivity index (χ3v) is 3.07. The first-order valence-corrected chi connectivity index (χ1v) is 6.19. The van der Waals surface area contributed by atoms with E-state index in [2.05, 4.69) is 10.3 Å². The highest BCUT2D eigenvalue weighted by Gasteiger charge is 2.13. The second-order valence-corrected chi connectivity index (χ2v) is 4.60. The van der Waals surface area contributed by atoms with Crippen LogP contribution in [0.1, 0.15) is 20.8 Å². The van der Waals surface area contributed by atoms with Crippen LogP contribution in [-0.4, -0.2) is 22.0 Å². The fourth-order valence-electron chi connectivity index (χ4n) is 1.49. The van der Waals surface area contributed by atoms with Gasteiger partial charge in [0.2, 0.25) is 0 Å². The standard InChI is InChI=1S/C13H8Cl2N2O3/c14-8-2-1-3-9(15)11(8)17-12(18)7-4-5-16-10(6-7)13(19)20/h1-6H,(H,17,18)(H,19,20). The van der Waals surface area contributed by atoms with Gasteiger partial charge in [0.25, 0.3) is 5.91 Å². The topological polar surface area (TPSA) is 79.3 Å². The summed E-state index contributed by atoms with van der Waals surface area (Å²) in [6.45, 7) is 0. The lowest BCUT2D eigenvalue weighted by Crippen LogP contribution is -2.14. The summed E-state index contributed by atoms with van der Waals surface area (Å²) in [5.41, 5.74) is 0.200. The molecule has 1 amide bonds. The van der Waals surface area contributed by atoms with Gasteiger partial charge in [-0.3, -0.25) is 4.79 Å². The molecule has 1 aromatic carbocycles. The van der Waals surface area contributed by atoms with Gasteiger partial charge in [0.15, 0.2) is 0 Å². The molecule has 0 saturated heterocycles. The summed E-state index contributed by atoms with van der Waals surface area (Å²) in [5.74, 6) is -1.74. The number of pyridine rings is 1. The number of nitrogens with zero attached hydrogens (tertiary/aromatic N) is 1. The first-order chi connectivity index (χ1) is 9.49. The first-order valence-electron chi connectivity index (χ1n) is 5.44. The number of carboxylic acid groups (broad SMARTS) is 1. The van der Waals surface area contributed by atoms with Crippen molar-refractivity contribution in [3.63, 3.8) is 0 Å². The van der Waals surface area contributed by atoms with Crippen molar-refractivity contribution < 1.29 is 14.7 Å². The van der Waals surface area contributed by atoms with Crippen molar-refractivity contribution in [2.24, 2.45) is 0 Å². The second-order valence-electron chi connectivity index (χ2n) is 3.79. The van der Waals surface area contributed by atoms with Crippen molar-refractivity contribution in [2.45, 2.75) is 0 Å². The molecule has 2 aromatic rings. The molecule has 0 aliphatic carbocycles. The lowest BCUT2D eigenvalue weighted by Gasteiger charge is -2.09.